The maximum absolute atomic E-state index is 11.9. The Bertz CT molecular complexity index is 775. The van der Waals surface area contributed by atoms with Crippen molar-refractivity contribution >= 4 is 17.8 Å². The Balaban J connectivity index is 2.48. The molecule has 1 aliphatic heterocycles. The molecule has 6 heteroatoms. The second kappa shape index (κ2) is 7.71. The number of halogens is 1. The molecule has 0 amide bonds. The number of carbonyl (C=O) groups excluding carboxylic acids is 1. The predicted molar refractivity (Wildman–Crippen MR) is 91.0 cm³/mol. The van der Waals surface area contributed by atoms with Gasteiger partial charge < -0.3 is 14.8 Å². The Morgan fingerprint density at radius 1 is 1.42 bits per heavy atom. The van der Waals surface area contributed by atoms with Crippen LogP contribution < -0.4 is 5.32 Å². The van der Waals surface area contributed by atoms with E-state index in [1.807, 2.05) is 6.07 Å². The van der Waals surface area contributed by atoms with E-state index in [9.17, 15) is 10.1 Å². The van der Waals surface area contributed by atoms with Gasteiger partial charge in [-0.2, -0.15) is 5.26 Å². The summed E-state index contributed by atoms with van der Waals surface area (Å²) in [4.78, 5) is 11.9. The Hall–Kier alpha value is -2.71. The molecule has 1 heterocycles. The number of hydrogen-bond acceptors (Lipinski definition) is 5. The molecule has 24 heavy (non-hydrogen) atoms. The van der Waals surface area contributed by atoms with Gasteiger partial charge in [0, 0.05) is 10.7 Å². The molecule has 0 spiro atoms. The van der Waals surface area contributed by atoms with E-state index in [4.69, 9.17) is 21.1 Å². The van der Waals surface area contributed by atoms with Gasteiger partial charge >= 0.3 is 6.16 Å². The van der Waals surface area contributed by atoms with Crippen molar-refractivity contribution in [1.29, 1.82) is 5.26 Å². The van der Waals surface area contributed by atoms with Gasteiger partial charge in [-0.25, -0.2) is 4.79 Å². The van der Waals surface area contributed by atoms with Crippen molar-refractivity contribution in [1.82, 2.24) is 5.32 Å². The molecule has 1 unspecified atom stereocenters. The molecule has 0 aromatic heterocycles. The van der Waals surface area contributed by atoms with Crippen molar-refractivity contribution in [2.75, 3.05) is 6.61 Å². The fraction of sp³-hybridized carbons (Fsp3) is 0.222. The summed E-state index contributed by atoms with van der Waals surface area (Å²) in [5.74, 6) is -0.291. The van der Waals surface area contributed by atoms with Gasteiger partial charge in [0.25, 0.3) is 0 Å². The predicted octanol–water partition coefficient (Wildman–Crippen LogP) is 4.40. The first-order valence-electron chi connectivity index (χ1n) is 7.28. The zero-order valence-corrected chi connectivity index (χ0v) is 14.2. The summed E-state index contributed by atoms with van der Waals surface area (Å²) in [6, 6.07) is 9.31. The van der Waals surface area contributed by atoms with Crippen LogP contribution in [0.4, 0.5) is 4.79 Å². The van der Waals surface area contributed by atoms with Gasteiger partial charge in [0.15, 0.2) is 0 Å². The van der Waals surface area contributed by atoms with E-state index in [1.165, 1.54) is 6.08 Å². The topological polar surface area (TPSA) is 71.3 Å². The zero-order chi connectivity index (χ0) is 17.7. The first kappa shape index (κ1) is 17.6. The molecule has 5 nitrogen and oxygen atoms in total. The average Bonchev–Trinajstić information content (AvgIpc) is 2.55. The normalized spacial score (nSPS) is 17.0. The van der Waals surface area contributed by atoms with Crippen LogP contribution in [0.15, 0.2) is 59.6 Å². The van der Waals surface area contributed by atoms with Gasteiger partial charge in [0.05, 0.1) is 23.3 Å². The fourth-order valence-electron chi connectivity index (χ4n) is 2.51. The van der Waals surface area contributed by atoms with E-state index < -0.39 is 12.1 Å². The first-order valence-corrected chi connectivity index (χ1v) is 7.66. The lowest BCUT2D eigenvalue weighted by Gasteiger charge is -2.28. The van der Waals surface area contributed by atoms with Gasteiger partial charge in [0.2, 0.25) is 0 Å². The Labute approximate surface area is 145 Å². The summed E-state index contributed by atoms with van der Waals surface area (Å²) in [5, 5.41) is 13.1. The lowest BCUT2D eigenvalue weighted by atomic mass is 9.86. The van der Waals surface area contributed by atoms with E-state index in [2.05, 4.69) is 18.0 Å². The highest BCUT2D eigenvalue weighted by Gasteiger charge is 2.33. The average molecular weight is 345 g/mol. The summed E-state index contributed by atoms with van der Waals surface area (Å²) in [5.41, 5.74) is 2.42. The second-order valence-electron chi connectivity index (χ2n) is 5.17. The summed E-state index contributed by atoms with van der Waals surface area (Å²) >= 11 is 6.30. The number of rotatable bonds is 4. The van der Waals surface area contributed by atoms with Crippen LogP contribution in [0.5, 0.6) is 0 Å². The van der Waals surface area contributed by atoms with Crippen LogP contribution in [-0.2, 0) is 9.47 Å². The van der Waals surface area contributed by atoms with Crippen LogP contribution >= 0.6 is 11.6 Å². The Morgan fingerprint density at radius 2 is 2.12 bits per heavy atom. The number of nitriles is 1. The number of benzene rings is 1. The molecule has 0 radical (unpaired) electrons. The molecule has 1 aromatic carbocycles. The van der Waals surface area contributed by atoms with Crippen LogP contribution in [0, 0.1) is 11.3 Å². The van der Waals surface area contributed by atoms with Crippen molar-refractivity contribution in [3.8, 4) is 6.07 Å². The fourth-order valence-corrected chi connectivity index (χ4v) is 2.76. The third-order valence-corrected chi connectivity index (χ3v) is 3.89. The van der Waals surface area contributed by atoms with E-state index in [-0.39, 0.29) is 6.61 Å². The molecule has 0 bridgehead atoms. The number of hydrogen-bond donors (Lipinski definition) is 1. The van der Waals surface area contributed by atoms with Gasteiger partial charge in [-0.1, -0.05) is 42.5 Å². The van der Waals surface area contributed by atoms with Crippen LogP contribution in [0.3, 0.4) is 0 Å². The van der Waals surface area contributed by atoms with Crippen LogP contribution in [0.2, 0.25) is 5.02 Å². The number of allylic oxidation sites excluding steroid dienone is 3. The minimum atomic E-state index is -0.861. The lowest BCUT2D eigenvalue weighted by Crippen LogP contribution is -2.27. The SMILES string of the molecule is C=CCOC(=O)OC1=C(C)NC(C)=C(C#N)C1c1ccccc1Cl. The molecule has 124 valence electrons. The number of ether oxygens (including phenoxy) is 2. The molecule has 2 rings (SSSR count). The van der Waals surface area contributed by atoms with Crippen molar-refractivity contribution in [3.05, 3.63) is 70.2 Å². The van der Waals surface area contributed by atoms with Gasteiger partial charge in [-0.3, -0.25) is 0 Å². The first-order chi connectivity index (χ1) is 11.5. The minimum absolute atomic E-state index is 0.0370. The van der Waals surface area contributed by atoms with Gasteiger partial charge in [-0.15, -0.1) is 0 Å². The van der Waals surface area contributed by atoms with E-state index in [0.717, 1.165) is 0 Å². The molecule has 1 N–H and O–H groups in total. The Morgan fingerprint density at radius 3 is 2.75 bits per heavy atom. The Kier molecular flexibility index (Phi) is 5.67. The number of nitrogens with zero attached hydrogens (tertiary/aromatic N) is 1. The molecule has 1 aliphatic rings. The van der Waals surface area contributed by atoms with Gasteiger partial charge in [-0.05, 0) is 25.5 Å². The number of carbonyl (C=O) groups is 1. The summed E-state index contributed by atoms with van der Waals surface area (Å²) in [6.07, 6.45) is 0.581. The largest absolute Gasteiger partial charge is 0.513 e. The molecule has 0 saturated heterocycles. The number of dihydropyridines is 1. The maximum atomic E-state index is 11.9. The smallest absolute Gasteiger partial charge is 0.430 e. The number of nitrogens with one attached hydrogen (secondary N) is 1. The van der Waals surface area contributed by atoms with Crippen LogP contribution in [0.1, 0.15) is 25.3 Å². The highest BCUT2D eigenvalue weighted by atomic mass is 35.5. The molecule has 1 aromatic rings. The summed E-state index contributed by atoms with van der Waals surface area (Å²) < 4.78 is 10.3. The minimum Gasteiger partial charge on any atom is -0.430 e. The molecule has 0 saturated carbocycles. The molecule has 1 atom stereocenters. The zero-order valence-electron chi connectivity index (χ0n) is 13.4. The molecular formula is C18H17ClN2O3. The standard InChI is InChI=1S/C18H17ClN2O3/c1-4-9-23-18(22)24-17-12(3)21-11(2)14(10-20)16(17)13-7-5-6-8-15(13)19/h4-8,16,21H,1,9H2,2-3H3. The molecular weight excluding hydrogens is 328 g/mol. The van der Waals surface area contributed by atoms with E-state index >= 15 is 0 Å². The van der Waals surface area contributed by atoms with Crippen molar-refractivity contribution < 1.29 is 14.3 Å². The maximum Gasteiger partial charge on any atom is 0.513 e. The van der Waals surface area contributed by atoms with Crippen molar-refractivity contribution in [2.45, 2.75) is 19.8 Å². The summed E-state index contributed by atoms with van der Waals surface area (Å²) in [6.45, 7) is 7.07. The highest BCUT2D eigenvalue weighted by molar-refractivity contribution is 6.31. The molecule has 0 fully saturated rings. The lowest BCUT2D eigenvalue weighted by molar-refractivity contribution is 0.0818. The van der Waals surface area contributed by atoms with Crippen molar-refractivity contribution in [3.63, 3.8) is 0 Å². The highest BCUT2D eigenvalue weighted by Crippen LogP contribution is 2.40. The molecule has 0 aliphatic carbocycles. The van der Waals surface area contributed by atoms with Crippen LogP contribution in [0.25, 0.3) is 0 Å². The summed E-state index contributed by atoms with van der Waals surface area (Å²) in [7, 11) is 0. The van der Waals surface area contributed by atoms with Crippen LogP contribution in [-0.4, -0.2) is 12.8 Å². The third kappa shape index (κ3) is 3.61. The second-order valence-corrected chi connectivity index (χ2v) is 5.58. The monoisotopic (exact) mass is 344 g/mol. The van der Waals surface area contributed by atoms with Crippen molar-refractivity contribution in [2.24, 2.45) is 0 Å². The van der Waals surface area contributed by atoms with E-state index in [1.54, 1.807) is 32.0 Å². The van der Waals surface area contributed by atoms with E-state index in [0.29, 0.717) is 33.3 Å². The van der Waals surface area contributed by atoms with Gasteiger partial charge in [0.1, 0.15) is 12.4 Å². The third-order valence-electron chi connectivity index (χ3n) is 3.55. The quantitative estimate of drug-likeness (QED) is 0.647.